The summed E-state index contributed by atoms with van der Waals surface area (Å²) in [5.74, 6) is 0. The molecule has 1 fully saturated rings. The van der Waals surface area contributed by atoms with Crippen LogP contribution in [0.1, 0.15) is 32.1 Å². The van der Waals surface area contributed by atoms with Gasteiger partial charge in [0.2, 0.25) is 0 Å². The van der Waals surface area contributed by atoms with Gasteiger partial charge in [-0.1, -0.05) is 6.42 Å². The van der Waals surface area contributed by atoms with Crippen LogP contribution in [0.3, 0.4) is 0 Å². The summed E-state index contributed by atoms with van der Waals surface area (Å²) >= 11 is 0. The minimum atomic E-state index is -4.49. The number of nitrogens with zero attached hydrogens (tertiary/aromatic N) is 1. The number of hydrogen-bond acceptors (Lipinski definition) is 1. The maximum absolute atomic E-state index is 11.8. The molecule has 1 aliphatic carbocycles. The normalized spacial score (nSPS) is 21.9. The van der Waals surface area contributed by atoms with Crippen molar-refractivity contribution in [1.82, 2.24) is 0 Å². The molecule has 0 bridgehead atoms. The lowest BCUT2D eigenvalue weighted by atomic mass is 9.96. The van der Waals surface area contributed by atoms with E-state index < -0.39 is 12.2 Å². The first-order chi connectivity index (χ1) is 5.99. The van der Waals surface area contributed by atoms with E-state index in [9.17, 15) is 18.4 Å². The van der Waals surface area contributed by atoms with Crippen LogP contribution in [0.25, 0.3) is 0 Å². The van der Waals surface area contributed by atoms with E-state index in [0.717, 1.165) is 19.3 Å². The molecule has 5 heteroatoms. The molecule has 0 amide bonds. The van der Waals surface area contributed by atoms with Crippen molar-refractivity contribution >= 4 is 6.21 Å². The van der Waals surface area contributed by atoms with E-state index in [0.29, 0.717) is 12.8 Å². The van der Waals surface area contributed by atoms with Crippen molar-refractivity contribution in [2.75, 3.05) is 0 Å². The number of alkyl halides is 3. The third kappa shape index (κ3) is 3.65. The third-order valence-corrected chi connectivity index (χ3v) is 2.21. The quantitative estimate of drug-likeness (QED) is 0.273. The monoisotopic (exact) mass is 195 g/mol. The van der Waals surface area contributed by atoms with Gasteiger partial charge in [0.25, 0.3) is 6.21 Å². The van der Waals surface area contributed by atoms with Crippen molar-refractivity contribution in [3.63, 3.8) is 0 Å². The van der Waals surface area contributed by atoms with E-state index in [-0.39, 0.29) is 11.0 Å². The fourth-order valence-electron chi connectivity index (χ4n) is 1.59. The first-order valence-corrected chi connectivity index (χ1v) is 4.37. The Morgan fingerprint density at radius 2 is 1.69 bits per heavy atom. The van der Waals surface area contributed by atoms with E-state index in [2.05, 4.69) is 0 Å². The van der Waals surface area contributed by atoms with Gasteiger partial charge in [0, 0.05) is 12.8 Å². The van der Waals surface area contributed by atoms with Crippen LogP contribution in [-0.2, 0) is 0 Å². The molecule has 1 rings (SSSR count). The second-order valence-corrected chi connectivity index (χ2v) is 3.32. The van der Waals surface area contributed by atoms with Crippen molar-refractivity contribution < 1.29 is 17.9 Å². The molecule has 1 saturated carbocycles. The highest BCUT2D eigenvalue weighted by atomic mass is 19.4. The highest BCUT2D eigenvalue weighted by Crippen LogP contribution is 2.20. The Hall–Kier alpha value is -0.740. The minimum Gasteiger partial charge on any atom is -0.624 e. The predicted molar refractivity (Wildman–Crippen MR) is 42.6 cm³/mol. The fourth-order valence-corrected chi connectivity index (χ4v) is 1.59. The molecule has 0 aromatic rings. The first-order valence-electron chi connectivity index (χ1n) is 4.37. The maximum Gasteiger partial charge on any atom is 0.470 e. The SMILES string of the molecule is [O-]/[N+](=C\C(F)(F)F)C1CCCCC1. The zero-order valence-electron chi connectivity index (χ0n) is 7.18. The molecule has 13 heavy (non-hydrogen) atoms. The highest BCUT2D eigenvalue weighted by molar-refractivity contribution is 5.58. The van der Waals surface area contributed by atoms with Crippen molar-refractivity contribution in [3.8, 4) is 0 Å². The zero-order chi connectivity index (χ0) is 9.90. The van der Waals surface area contributed by atoms with Crippen molar-refractivity contribution in [2.24, 2.45) is 0 Å². The van der Waals surface area contributed by atoms with Gasteiger partial charge in [0.1, 0.15) is 0 Å². The van der Waals surface area contributed by atoms with Crippen molar-refractivity contribution in [3.05, 3.63) is 5.21 Å². The van der Waals surface area contributed by atoms with Crippen LogP contribution < -0.4 is 0 Å². The molecular weight excluding hydrogens is 183 g/mol. The summed E-state index contributed by atoms with van der Waals surface area (Å²) in [5, 5.41) is 11.0. The molecule has 0 aromatic heterocycles. The molecule has 0 aliphatic heterocycles. The van der Waals surface area contributed by atoms with E-state index >= 15 is 0 Å². The second kappa shape index (κ2) is 3.98. The fraction of sp³-hybridized carbons (Fsp3) is 0.875. The van der Waals surface area contributed by atoms with Gasteiger partial charge in [0.15, 0.2) is 6.04 Å². The second-order valence-electron chi connectivity index (χ2n) is 3.32. The summed E-state index contributed by atoms with van der Waals surface area (Å²) < 4.78 is 35.4. The van der Waals surface area contributed by atoms with E-state index in [1.807, 2.05) is 0 Å². The summed E-state index contributed by atoms with van der Waals surface area (Å²) in [4.78, 5) is 0. The van der Waals surface area contributed by atoms with Crippen LogP contribution in [0.4, 0.5) is 13.2 Å². The average Bonchev–Trinajstić information content (AvgIpc) is 2.03. The van der Waals surface area contributed by atoms with Crippen LogP contribution in [0.2, 0.25) is 0 Å². The number of hydroxylamine groups is 1. The highest BCUT2D eigenvalue weighted by Gasteiger charge is 2.32. The summed E-state index contributed by atoms with van der Waals surface area (Å²) in [6.45, 7) is 0. The first kappa shape index (κ1) is 10.3. The predicted octanol–water partition coefficient (Wildman–Crippen LogP) is 2.46. The summed E-state index contributed by atoms with van der Waals surface area (Å²) in [5.41, 5.74) is 0. The molecular formula is C8H12F3NO. The minimum absolute atomic E-state index is 0.0686. The van der Waals surface area contributed by atoms with Crippen LogP contribution in [0, 0.1) is 5.21 Å². The Morgan fingerprint density at radius 3 is 2.15 bits per heavy atom. The summed E-state index contributed by atoms with van der Waals surface area (Å²) in [6.07, 6.45) is -0.769. The van der Waals surface area contributed by atoms with Gasteiger partial charge in [-0.2, -0.15) is 13.2 Å². The Bertz CT molecular complexity index is 194. The van der Waals surface area contributed by atoms with Crippen LogP contribution in [0.15, 0.2) is 0 Å². The topological polar surface area (TPSA) is 26.1 Å². The Kier molecular flexibility index (Phi) is 3.17. The number of rotatable bonds is 1. The van der Waals surface area contributed by atoms with Gasteiger partial charge in [-0.15, -0.1) is 0 Å². The molecule has 0 heterocycles. The number of halogens is 3. The maximum atomic E-state index is 11.8. The van der Waals surface area contributed by atoms with Gasteiger partial charge in [0.05, 0.1) is 0 Å². The standard InChI is InChI=1S/C8H12F3NO/c9-8(10,11)6-12(13)7-4-2-1-3-5-7/h6-7H,1-5H2/b12-6-. The molecule has 76 valence electrons. The summed E-state index contributed by atoms with van der Waals surface area (Å²) in [6, 6.07) is -0.463. The van der Waals surface area contributed by atoms with Gasteiger partial charge in [-0.3, -0.25) is 0 Å². The largest absolute Gasteiger partial charge is 0.624 e. The Morgan fingerprint density at radius 1 is 1.15 bits per heavy atom. The lowest BCUT2D eigenvalue weighted by molar-refractivity contribution is -0.507. The molecule has 0 radical (unpaired) electrons. The van der Waals surface area contributed by atoms with Gasteiger partial charge < -0.3 is 5.21 Å². The average molecular weight is 195 g/mol. The Balaban J connectivity index is 2.54. The van der Waals surface area contributed by atoms with Gasteiger partial charge in [-0.05, 0) is 12.8 Å². The third-order valence-electron chi connectivity index (χ3n) is 2.21. The molecule has 2 nitrogen and oxygen atoms in total. The Labute approximate surface area is 74.6 Å². The van der Waals surface area contributed by atoms with Crippen LogP contribution >= 0.6 is 0 Å². The number of hydrogen-bond donors (Lipinski definition) is 0. The van der Waals surface area contributed by atoms with E-state index in [1.54, 1.807) is 0 Å². The molecule has 0 saturated heterocycles. The van der Waals surface area contributed by atoms with Crippen LogP contribution in [-0.4, -0.2) is 23.2 Å². The van der Waals surface area contributed by atoms with Crippen molar-refractivity contribution in [2.45, 2.75) is 44.3 Å². The zero-order valence-corrected chi connectivity index (χ0v) is 7.18. The smallest absolute Gasteiger partial charge is 0.470 e. The summed E-state index contributed by atoms with van der Waals surface area (Å²) in [7, 11) is 0. The molecule has 0 N–H and O–H groups in total. The molecule has 1 aliphatic rings. The lowest BCUT2D eigenvalue weighted by Gasteiger charge is -2.20. The lowest BCUT2D eigenvalue weighted by Crippen LogP contribution is -2.29. The molecule has 0 unspecified atom stereocenters. The van der Waals surface area contributed by atoms with Crippen molar-refractivity contribution in [1.29, 1.82) is 0 Å². The molecule has 0 spiro atoms. The van der Waals surface area contributed by atoms with Gasteiger partial charge >= 0.3 is 6.18 Å². The van der Waals surface area contributed by atoms with E-state index in [1.165, 1.54) is 0 Å². The van der Waals surface area contributed by atoms with Gasteiger partial charge in [-0.25, -0.2) is 4.74 Å². The molecule has 0 aromatic carbocycles. The van der Waals surface area contributed by atoms with E-state index in [4.69, 9.17) is 0 Å². The van der Waals surface area contributed by atoms with Crippen LogP contribution in [0.5, 0.6) is 0 Å². The molecule has 0 atom stereocenters.